The molecule has 35 heavy (non-hydrogen) atoms. The first-order valence-electron chi connectivity index (χ1n) is 11.4. The number of rotatable bonds is 11. The van der Waals surface area contributed by atoms with Gasteiger partial charge in [-0.1, -0.05) is 59.8 Å². The number of hydrogen-bond acceptors (Lipinski definition) is 6. The zero-order chi connectivity index (χ0) is 24.5. The topological polar surface area (TPSA) is 78.3 Å². The lowest BCUT2D eigenvalue weighted by atomic mass is 10.2. The molecule has 8 heteroatoms. The Morgan fingerprint density at radius 2 is 1.60 bits per heavy atom. The maximum atomic E-state index is 12.6. The molecule has 0 spiro atoms. The van der Waals surface area contributed by atoms with Crippen molar-refractivity contribution in [1.29, 1.82) is 0 Å². The number of amides is 1. The zero-order valence-electron chi connectivity index (χ0n) is 19.8. The van der Waals surface area contributed by atoms with Crippen molar-refractivity contribution in [3.05, 3.63) is 95.8 Å². The standard InChI is InChI=1S/C27H28N4O3S/c1-3-33-23-15-11-22(12-16-23)28-26(32)19-35-27-30-29-25(18-34-24-13-9-20(2)10-14-24)31(27)17-21-7-5-4-6-8-21/h4-16H,3,17-19H2,1-2H3,(H,28,32). The average molecular weight is 489 g/mol. The maximum Gasteiger partial charge on any atom is 0.234 e. The molecule has 0 saturated carbocycles. The molecule has 0 radical (unpaired) electrons. The van der Waals surface area contributed by atoms with Gasteiger partial charge in [0, 0.05) is 5.69 Å². The zero-order valence-corrected chi connectivity index (χ0v) is 20.6. The van der Waals surface area contributed by atoms with Crippen molar-refractivity contribution in [2.24, 2.45) is 0 Å². The van der Waals surface area contributed by atoms with Crippen molar-refractivity contribution < 1.29 is 14.3 Å². The van der Waals surface area contributed by atoms with Crippen LogP contribution >= 0.6 is 11.8 Å². The SMILES string of the molecule is CCOc1ccc(NC(=O)CSc2nnc(COc3ccc(C)cc3)n2Cc2ccccc2)cc1. The van der Waals surface area contributed by atoms with Crippen molar-refractivity contribution in [1.82, 2.24) is 14.8 Å². The van der Waals surface area contributed by atoms with Crippen LogP contribution in [0.15, 0.2) is 84.0 Å². The third-order valence-electron chi connectivity index (χ3n) is 5.15. The van der Waals surface area contributed by atoms with Crippen LogP contribution in [0.3, 0.4) is 0 Å². The minimum absolute atomic E-state index is 0.120. The number of nitrogens with one attached hydrogen (secondary N) is 1. The van der Waals surface area contributed by atoms with Gasteiger partial charge >= 0.3 is 0 Å². The highest BCUT2D eigenvalue weighted by molar-refractivity contribution is 7.99. The van der Waals surface area contributed by atoms with Gasteiger partial charge in [0.2, 0.25) is 5.91 Å². The van der Waals surface area contributed by atoms with Crippen LogP contribution in [-0.4, -0.2) is 33.0 Å². The number of aromatic nitrogens is 3. The molecule has 4 aromatic rings. The molecule has 0 bridgehead atoms. The van der Waals surface area contributed by atoms with Gasteiger partial charge in [-0.15, -0.1) is 10.2 Å². The quantitative estimate of drug-likeness (QED) is 0.287. The first-order valence-corrected chi connectivity index (χ1v) is 12.4. The molecule has 3 aromatic carbocycles. The van der Waals surface area contributed by atoms with Crippen molar-refractivity contribution in [3.63, 3.8) is 0 Å². The highest BCUT2D eigenvalue weighted by atomic mass is 32.2. The summed E-state index contributed by atoms with van der Waals surface area (Å²) in [5.41, 5.74) is 3.01. The van der Waals surface area contributed by atoms with Crippen molar-refractivity contribution in [3.8, 4) is 11.5 Å². The van der Waals surface area contributed by atoms with E-state index in [9.17, 15) is 4.79 Å². The molecule has 1 amide bonds. The molecule has 0 saturated heterocycles. The Labute approximate surface area is 209 Å². The fourth-order valence-corrected chi connectivity index (χ4v) is 4.12. The Morgan fingerprint density at radius 3 is 2.31 bits per heavy atom. The fraction of sp³-hybridized carbons (Fsp3) is 0.222. The Bertz CT molecular complexity index is 1230. The van der Waals surface area contributed by atoms with Gasteiger partial charge in [-0.2, -0.15) is 0 Å². The summed E-state index contributed by atoms with van der Waals surface area (Å²) in [7, 11) is 0. The number of carbonyl (C=O) groups is 1. The number of hydrogen-bond donors (Lipinski definition) is 1. The number of anilines is 1. The van der Waals surface area contributed by atoms with Gasteiger partial charge in [0.05, 0.1) is 18.9 Å². The Balaban J connectivity index is 1.42. The molecule has 0 unspecified atom stereocenters. The number of ether oxygens (including phenoxy) is 2. The molecule has 4 rings (SSSR count). The third kappa shape index (κ3) is 7.10. The van der Waals surface area contributed by atoms with E-state index in [1.165, 1.54) is 17.3 Å². The first kappa shape index (κ1) is 24.3. The largest absolute Gasteiger partial charge is 0.494 e. The molecule has 0 aliphatic heterocycles. The predicted molar refractivity (Wildman–Crippen MR) is 138 cm³/mol. The van der Waals surface area contributed by atoms with Crippen LogP contribution < -0.4 is 14.8 Å². The highest BCUT2D eigenvalue weighted by Crippen LogP contribution is 2.22. The van der Waals surface area contributed by atoms with E-state index in [0.29, 0.717) is 24.1 Å². The summed E-state index contributed by atoms with van der Waals surface area (Å²) in [6, 6.07) is 25.3. The van der Waals surface area contributed by atoms with Gasteiger partial charge in [-0.3, -0.25) is 9.36 Å². The molecular formula is C27H28N4O3S. The van der Waals surface area contributed by atoms with Crippen LogP contribution in [-0.2, 0) is 17.9 Å². The van der Waals surface area contributed by atoms with Gasteiger partial charge < -0.3 is 14.8 Å². The molecule has 1 aromatic heterocycles. The fourth-order valence-electron chi connectivity index (χ4n) is 3.37. The summed E-state index contributed by atoms with van der Waals surface area (Å²) >= 11 is 1.35. The smallest absolute Gasteiger partial charge is 0.234 e. The Hall–Kier alpha value is -3.78. The molecule has 180 valence electrons. The number of thioether (sulfide) groups is 1. The number of benzene rings is 3. The lowest BCUT2D eigenvalue weighted by Crippen LogP contribution is -2.15. The van der Waals surface area contributed by atoms with Gasteiger partial charge in [0.15, 0.2) is 11.0 Å². The van der Waals surface area contributed by atoms with Crippen molar-refractivity contribution >= 4 is 23.4 Å². The summed E-state index contributed by atoms with van der Waals surface area (Å²) in [4.78, 5) is 12.6. The maximum absolute atomic E-state index is 12.6. The van der Waals surface area contributed by atoms with E-state index in [0.717, 1.165) is 22.7 Å². The van der Waals surface area contributed by atoms with E-state index < -0.39 is 0 Å². The summed E-state index contributed by atoms with van der Waals surface area (Å²) in [6.45, 7) is 5.44. The van der Waals surface area contributed by atoms with Crippen LogP contribution in [0.2, 0.25) is 0 Å². The third-order valence-corrected chi connectivity index (χ3v) is 6.11. The van der Waals surface area contributed by atoms with Crippen molar-refractivity contribution in [2.45, 2.75) is 32.2 Å². The minimum Gasteiger partial charge on any atom is -0.494 e. The Kier molecular flexibility index (Phi) is 8.40. The highest BCUT2D eigenvalue weighted by Gasteiger charge is 2.16. The molecule has 0 fully saturated rings. The van der Waals surface area contributed by atoms with Gasteiger partial charge in [-0.05, 0) is 55.8 Å². The summed E-state index contributed by atoms with van der Waals surface area (Å²) < 4.78 is 13.4. The van der Waals surface area contributed by atoms with E-state index in [4.69, 9.17) is 9.47 Å². The number of nitrogens with zero attached hydrogens (tertiary/aromatic N) is 3. The van der Waals surface area contributed by atoms with Crippen LogP contribution in [0.4, 0.5) is 5.69 Å². The van der Waals surface area contributed by atoms with E-state index >= 15 is 0 Å². The summed E-state index contributed by atoms with van der Waals surface area (Å²) in [6.07, 6.45) is 0. The van der Waals surface area contributed by atoms with Crippen LogP contribution in [0, 0.1) is 6.92 Å². The second-order valence-electron chi connectivity index (χ2n) is 7.87. The van der Waals surface area contributed by atoms with E-state index in [-0.39, 0.29) is 18.3 Å². The second-order valence-corrected chi connectivity index (χ2v) is 8.81. The predicted octanol–water partition coefficient (Wildman–Crippen LogP) is 5.34. The molecule has 0 atom stereocenters. The molecular weight excluding hydrogens is 460 g/mol. The van der Waals surface area contributed by atoms with Crippen LogP contribution in [0.25, 0.3) is 0 Å². The molecule has 0 aliphatic carbocycles. The van der Waals surface area contributed by atoms with E-state index in [1.807, 2.05) is 85.1 Å². The normalized spacial score (nSPS) is 10.7. The number of aryl methyl sites for hydroxylation is 1. The summed E-state index contributed by atoms with van der Waals surface area (Å²) in [5.74, 6) is 2.33. The molecule has 1 heterocycles. The molecule has 1 N–H and O–H groups in total. The minimum atomic E-state index is -0.120. The average Bonchev–Trinajstić information content (AvgIpc) is 3.25. The summed E-state index contributed by atoms with van der Waals surface area (Å²) in [5, 5.41) is 12.3. The van der Waals surface area contributed by atoms with E-state index in [2.05, 4.69) is 27.6 Å². The lowest BCUT2D eigenvalue weighted by Gasteiger charge is -2.12. The molecule has 7 nitrogen and oxygen atoms in total. The Morgan fingerprint density at radius 1 is 0.914 bits per heavy atom. The second kappa shape index (κ2) is 12.1. The van der Waals surface area contributed by atoms with Gasteiger partial charge in [0.25, 0.3) is 0 Å². The van der Waals surface area contributed by atoms with Crippen LogP contribution in [0.5, 0.6) is 11.5 Å². The van der Waals surface area contributed by atoms with E-state index in [1.54, 1.807) is 0 Å². The monoisotopic (exact) mass is 488 g/mol. The lowest BCUT2D eigenvalue weighted by molar-refractivity contribution is -0.113. The van der Waals surface area contributed by atoms with Crippen LogP contribution in [0.1, 0.15) is 23.9 Å². The molecule has 0 aliphatic rings. The first-order chi connectivity index (χ1) is 17.1. The number of carbonyl (C=O) groups excluding carboxylic acids is 1. The van der Waals surface area contributed by atoms with Crippen molar-refractivity contribution in [2.75, 3.05) is 17.7 Å². The van der Waals surface area contributed by atoms with Gasteiger partial charge in [0.1, 0.15) is 18.1 Å². The van der Waals surface area contributed by atoms with Gasteiger partial charge in [-0.25, -0.2) is 0 Å².